The van der Waals surface area contributed by atoms with Gasteiger partial charge in [0.1, 0.15) is 64.6 Å². The number of rotatable bonds is 6. The zero-order valence-corrected chi connectivity index (χ0v) is 20.0. The van der Waals surface area contributed by atoms with E-state index in [1.165, 1.54) is 18.2 Å². The number of hydrogen-bond donors (Lipinski definition) is 7. The van der Waals surface area contributed by atoms with Gasteiger partial charge in [-0.2, -0.15) is 0 Å². The second-order valence-electron chi connectivity index (χ2n) is 9.05. The number of aromatic hydroxyl groups is 3. The second-order valence-corrected chi connectivity index (χ2v) is 9.05. The number of phenols is 3. The Hall–Kier alpha value is -3.61. The topological polar surface area (TPSA) is 190 Å². The summed E-state index contributed by atoms with van der Waals surface area (Å²) in [5.74, 6) is -1.06. The van der Waals surface area contributed by atoms with E-state index < -0.39 is 48.5 Å². The number of aliphatic hydroxyl groups is 4. The Labute approximate surface area is 210 Å². The highest BCUT2D eigenvalue weighted by Crippen LogP contribution is 2.38. The molecule has 4 rings (SSSR count). The van der Waals surface area contributed by atoms with Gasteiger partial charge >= 0.3 is 0 Å². The van der Waals surface area contributed by atoms with Gasteiger partial charge in [-0.25, -0.2) is 0 Å². The van der Waals surface area contributed by atoms with Crippen LogP contribution in [0.2, 0.25) is 0 Å². The minimum Gasteiger partial charge on any atom is -0.508 e. The molecule has 0 radical (unpaired) electrons. The third-order valence-electron chi connectivity index (χ3n) is 6.19. The van der Waals surface area contributed by atoms with Crippen LogP contribution < -0.4 is 10.2 Å². The first kappa shape index (κ1) is 26.5. The molecule has 0 spiro atoms. The molecule has 2 heterocycles. The molecule has 198 valence electrons. The van der Waals surface area contributed by atoms with Gasteiger partial charge in [0.05, 0.1) is 12.2 Å². The molecule has 11 heteroatoms. The van der Waals surface area contributed by atoms with Crippen LogP contribution in [-0.4, -0.2) is 73.1 Å². The zero-order chi connectivity index (χ0) is 27.0. The molecule has 5 atom stereocenters. The average Bonchev–Trinajstić information content (AvgIpc) is 2.84. The summed E-state index contributed by atoms with van der Waals surface area (Å²) >= 11 is 0. The first-order valence-electron chi connectivity index (χ1n) is 11.5. The number of ether oxygens (including phenoxy) is 2. The van der Waals surface area contributed by atoms with E-state index >= 15 is 0 Å². The van der Waals surface area contributed by atoms with Crippen LogP contribution in [0.3, 0.4) is 0 Å². The van der Waals surface area contributed by atoms with Crippen molar-refractivity contribution in [3.63, 3.8) is 0 Å². The van der Waals surface area contributed by atoms with E-state index in [1.807, 2.05) is 19.9 Å². The number of phenolic OH excluding ortho intramolecular Hbond substituents is 3. The van der Waals surface area contributed by atoms with Crippen molar-refractivity contribution in [3.05, 3.63) is 58.0 Å². The van der Waals surface area contributed by atoms with Crippen LogP contribution >= 0.6 is 0 Å². The number of fused-ring (bicyclic) bond motifs is 1. The lowest BCUT2D eigenvalue weighted by Crippen LogP contribution is -2.60. The van der Waals surface area contributed by atoms with Gasteiger partial charge < -0.3 is 49.6 Å². The summed E-state index contributed by atoms with van der Waals surface area (Å²) in [6.07, 6.45) is -4.48. The lowest BCUT2D eigenvalue weighted by atomic mass is 9.98. The molecular formula is C26H28O11. The third-order valence-corrected chi connectivity index (χ3v) is 6.19. The first-order chi connectivity index (χ1) is 17.5. The fraction of sp³-hybridized carbons (Fsp3) is 0.346. The van der Waals surface area contributed by atoms with Gasteiger partial charge in [-0.3, -0.25) is 4.79 Å². The van der Waals surface area contributed by atoms with E-state index in [1.54, 1.807) is 0 Å². The molecule has 3 aromatic rings. The Bertz CT molecular complexity index is 1390. The maximum absolute atomic E-state index is 13.3. The van der Waals surface area contributed by atoms with Crippen molar-refractivity contribution in [2.45, 2.75) is 51.0 Å². The largest absolute Gasteiger partial charge is 0.508 e. The molecule has 1 saturated heterocycles. The minimum absolute atomic E-state index is 0.0543. The SMILES string of the molecule is CC(C)=CCc1c(O)ccc(-c2coc3cc(O[C@@H]4O[C@@H](CO)[C@H](O)[C@H](O)[C@@H]4O)cc(O)c3c2=O)c1O. The normalized spacial score (nSPS) is 23.7. The Morgan fingerprint density at radius 2 is 1.73 bits per heavy atom. The Morgan fingerprint density at radius 3 is 2.41 bits per heavy atom. The highest BCUT2D eigenvalue weighted by Gasteiger charge is 2.44. The van der Waals surface area contributed by atoms with E-state index in [9.17, 15) is 40.5 Å². The van der Waals surface area contributed by atoms with Gasteiger partial charge in [-0.1, -0.05) is 11.6 Å². The summed E-state index contributed by atoms with van der Waals surface area (Å²) in [4.78, 5) is 13.3. The van der Waals surface area contributed by atoms with Gasteiger partial charge in [-0.05, 0) is 32.4 Å². The van der Waals surface area contributed by atoms with E-state index in [2.05, 4.69) is 0 Å². The molecule has 1 aliphatic heterocycles. The van der Waals surface area contributed by atoms with Crippen LogP contribution in [0.1, 0.15) is 19.4 Å². The van der Waals surface area contributed by atoms with Crippen LogP contribution in [0.5, 0.6) is 23.0 Å². The fourth-order valence-corrected chi connectivity index (χ4v) is 4.11. The van der Waals surface area contributed by atoms with E-state index in [0.29, 0.717) is 0 Å². The number of aliphatic hydroxyl groups excluding tert-OH is 4. The zero-order valence-electron chi connectivity index (χ0n) is 20.0. The quantitative estimate of drug-likeness (QED) is 0.234. The highest BCUT2D eigenvalue weighted by molar-refractivity contribution is 5.89. The third kappa shape index (κ3) is 4.99. The summed E-state index contributed by atoms with van der Waals surface area (Å²) in [6, 6.07) is 5.03. The summed E-state index contributed by atoms with van der Waals surface area (Å²) in [5, 5.41) is 70.8. The molecule has 1 fully saturated rings. The molecule has 0 saturated carbocycles. The number of hydrogen-bond acceptors (Lipinski definition) is 11. The van der Waals surface area contributed by atoms with Crippen molar-refractivity contribution in [3.8, 4) is 34.1 Å². The molecule has 11 nitrogen and oxygen atoms in total. The predicted molar refractivity (Wildman–Crippen MR) is 130 cm³/mol. The first-order valence-corrected chi connectivity index (χ1v) is 11.5. The highest BCUT2D eigenvalue weighted by atomic mass is 16.7. The van der Waals surface area contributed by atoms with Crippen molar-refractivity contribution < 1.29 is 49.6 Å². The lowest BCUT2D eigenvalue weighted by Gasteiger charge is -2.39. The fourth-order valence-electron chi connectivity index (χ4n) is 4.11. The van der Waals surface area contributed by atoms with Gasteiger partial charge in [0.25, 0.3) is 0 Å². The molecule has 2 aromatic carbocycles. The molecule has 7 N–H and O–H groups in total. The predicted octanol–water partition coefficient (Wildman–Crippen LogP) is 1.26. The van der Waals surface area contributed by atoms with Crippen molar-refractivity contribution in [1.82, 2.24) is 0 Å². The number of benzene rings is 2. The standard InChI is InChI=1S/C26H28O11/c1-11(2)3-4-14-16(28)6-5-13(21(14)30)15-10-35-18-8-12(7-17(29)20(18)22(15)31)36-26-25(34)24(33)23(32)19(9-27)37-26/h3,5-8,10,19,23-30,32-34H,4,9H2,1-2H3/t19-,23-,24-,25-,26+/m0/s1. The molecule has 0 aliphatic carbocycles. The van der Waals surface area contributed by atoms with Crippen LogP contribution in [0, 0.1) is 0 Å². The summed E-state index contributed by atoms with van der Waals surface area (Å²) < 4.78 is 16.4. The van der Waals surface area contributed by atoms with Crippen LogP contribution in [-0.2, 0) is 11.2 Å². The van der Waals surface area contributed by atoms with Gasteiger partial charge in [0, 0.05) is 23.3 Å². The monoisotopic (exact) mass is 516 g/mol. The van der Waals surface area contributed by atoms with Gasteiger partial charge in [-0.15, -0.1) is 0 Å². The number of allylic oxidation sites excluding steroid dienone is 2. The molecule has 0 bridgehead atoms. The van der Waals surface area contributed by atoms with Crippen LogP contribution in [0.4, 0.5) is 0 Å². The smallest absolute Gasteiger partial charge is 0.229 e. The van der Waals surface area contributed by atoms with Crippen molar-refractivity contribution in [1.29, 1.82) is 0 Å². The Kier molecular flexibility index (Phi) is 7.44. The van der Waals surface area contributed by atoms with Crippen LogP contribution in [0.15, 0.2) is 51.4 Å². The van der Waals surface area contributed by atoms with Crippen molar-refractivity contribution in [2.75, 3.05) is 6.61 Å². The van der Waals surface area contributed by atoms with E-state index in [-0.39, 0.29) is 51.3 Å². The van der Waals surface area contributed by atoms with Crippen molar-refractivity contribution >= 4 is 11.0 Å². The maximum Gasteiger partial charge on any atom is 0.229 e. The minimum atomic E-state index is -1.68. The van der Waals surface area contributed by atoms with Gasteiger partial charge in [0.2, 0.25) is 11.7 Å². The molecule has 1 aromatic heterocycles. The molecular weight excluding hydrogens is 488 g/mol. The molecule has 0 amide bonds. The van der Waals surface area contributed by atoms with Crippen LogP contribution in [0.25, 0.3) is 22.1 Å². The second kappa shape index (κ2) is 10.4. The van der Waals surface area contributed by atoms with E-state index in [4.69, 9.17) is 13.9 Å². The lowest BCUT2D eigenvalue weighted by molar-refractivity contribution is -0.277. The Balaban J connectivity index is 1.71. The Morgan fingerprint density at radius 1 is 1.00 bits per heavy atom. The van der Waals surface area contributed by atoms with E-state index in [0.717, 1.165) is 17.9 Å². The summed E-state index contributed by atoms with van der Waals surface area (Å²) in [6.45, 7) is 3.09. The van der Waals surface area contributed by atoms with Crippen molar-refractivity contribution in [2.24, 2.45) is 0 Å². The summed E-state index contributed by atoms with van der Waals surface area (Å²) in [5.41, 5.74) is 0.503. The molecule has 37 heavy (non-hydrogen) atoms. The average molecular weight is 516 g/mol. The maximum atomic E-state index is 13.3. The van der Waals surface area contributed by atoms with Gasteiger partial charge in [0.15, 0.2) is 0 Å². The molecule has 1 aliphatic rings. The molecule has 0 unspecified atom stereocenters. The summed E-state index contributed by atoms with van der Waals surface area (Å²) in [7, 11) is 0.